The van der Waals surface area contributed by atoms with Crippen molar-refractivity contribution in [3.63, 3.8) is 0 Å². The van der Waals surface area contributed by atoms with Crippen molar-refractivity contribution in [3.05, 3.63) is 65.7 Å². The third-order valence-corrected chi connectivity index (χ3v) is 4.69. The molecule has 0 spiro atoms. The summed E-state index contributed by atoms with van der Waals surface area (Å²) in [5, 5.41) is 0. The van der Waals surface area contributed by atoms with Crippen LogP contribution in [-0.4, -0.2) is 37.8 Å². The molecule has 0 bridgehead atoms. The van der Waals surface area contributed by atoms with Gasteiger partial charge in [0, 0.05) is 12.8 Å². The van der Waals surface area contributed by atoms with Gasteiger partial charge in [0.1, 0.15) is 18.9 Å². The Morgan fingerprint density at radius 2 is 1.48 bits per heavy atom. The van der Waals surface area contributed by atoms with Crippen molar-refractivity contribution in [2.75, 3.05) is 33.3 Å². The average Bonchev–Trinajstić information content (AvgIpc) is 3.02. The van der Waals surface area contributed by atoms with Gasteiger partial charge in [-0.05, 0) is 23.3 Å². The fourth-order valence-corrected chi connectivity index (χ4v) is 3.14. The summed E-state index contributed by atoms with van der Waals surface area (Å²) in [6, 6.07) is 18.7. The predicted octanol–water partition coefficient (Wildman–Crippen LogP) is 4.48. The van der Waals surface area contributed by atoms with Gasteiger partial charge in [0.25, 0.3) is 0 Å². The molecule has 3 rings (SSSR count). The summed E-state index contributed by atoms with van der Waals surface area (Å²) in [5.41, 5.74) is 2.41. The molecule has 1 heterocycles. The summed E-state index contributed by atoms with van der Waals surface area (Å²) in [4.78, 5) is 0. The number of likely N-dealkylation sites (N-methyl/N-ethyl adjacent to an activating group) is 1. The Hall–Kier alpha value is -2.06. The first-order valence-corrected chi connectivity index (χ1v) is 8.53. The molecule has 23 heavy (non-hydrogen) atoms. The maximum Gasteiger partial charge on any atom is 0.137 e. The molecule has 2 heteroatoms. The van der Waals surface area contributed by atoms with Crippen LogP contribution in [-0.2, 0) is 0 Å². The van der Waals surface area contributed by atoms with Crippen LogP contribution >= 0.6 is 0 Å². The molecule has 0 N–H and O–H groups in total. The summed E-state index contributed by atoms with van der Waals surface area (Å²) in [7, 11) is 2.34. The molecule has 1 aliphatic heterocycles. The van der Waals surface area contributed by atoms with Crippen molar-refractivity contribution in [1.29, 1.82) is 0 Å². The van der Waals surface area contributed by atoms with E-state index in [-0.39, 0.29) is 0 Å². The van der Waals surface area contributed by atoms with Crippen LogP contribution in [0.5, 0.6) is 5.75 Å². The lowest BCUT2D eigenvalue weighted by Crippen LogP contribution is -2.43. The van der Waals surface area contributed by atoms with Crippen LogP contribution in [0.4, 0.5) is 0 Å². The Morgan fingerprint density at radius 1 is 0.870 bits per heavy atom. The van der Waals surface area contributed by atoms with E-state index in [0.717, 1.165) is 23.4 Å². The number of ether oxygens (including phenoxy) is 1. The SMILES string of the molecule is C[N+]1(CCOc2ccc(C=Cc3ccccc3)cc2)CCCC1. The van der Waals surface area contributed by atoms with Crippen LogP contribution in [0, 0.1) is 0 Å². The molecule has 0 aliphatic carbocycles. The molecule has 2 aromatic rings. The summed E-state index contributed by atoms with van der Waals surface area (Å²) >= 11 is 0. The highest BCUT2D eigenvalue weighted by Gasteiger charge is 2.26. The summed E-state index contributed by atoms with van der Waals surface area (Å²) in [5.74, 6) is 0.965. The summed E-state index contributed by atoms with van der Waals surface area (Å²) in [6.07, 6.45) is 6.99. The van der Waals surface area contributed by atoms with Crippen molar-refractivity contribution < 1.29 is 9.22 Å². The second kappa shape index (κ2) is 7.47. The highest BCUT2D eigenvalue weighted by atomic mass is 16.5. The van der Waals surface area contributed by atoms with Gasteiger partial charge < -0.3 is 9.22 Å². The molecule has 1 saturated heterocycles. The first-order valence-electron chi connectivity index (χ1n) is 8.53. The maximum absolute atomic E-state index is 5.91. The third kappa shape index (κ3) is 4.70. The fraction of sp³-hybridized carbons (Fsp3) is 0.333. The topological polar surface area (TPSA) is 9.23 Å². The van der Waals surface area contributed by atoms with Gasteiger partial charge in [-0.15, -0.1) is 0 Å². The van der Waals surface area contributed by atoms with E-state index in [9.17, 15) is 0 Å². The fourth-order valence-electron chi connectivity index (χ4n) is 3.14. The number of rotatable bonds is 6. The van der Waals surface area contributed by atoms with Crippen LogP contribution in [0.2, 0.25) is 0 Å². The molecular formula is C21H26NO+. The largest absolute Gasteiger partial charge is 0.488 e. The molecule has 120 valence electrons. The minimum absolute atomic E-state index is 0.801. The van der Waals surface area contributed by atoms with Crippen LogP contribution < -0.4 is 4.74 Å². The van der Waals surface area contributed by atoms with E-state index in [1.165, 1.54) is 37.1 Å². The van der Waals surface area contributed by atoms with E-state index in [1.807, 2.05) is 6.07 Å². The molecule has 0 radical (unpaired) electrons. The predicted molar refractivity (Wildman–Crippen MR) is 97.3 cm³/mol. The molecular weight excluding hydrogens is 282 g/mol. The van der Waals surface area contributed by atoms with E-state index in [1.54, 1.807) is 0 Å². The maximum atomic E-state index is 5.91. The Morgan fingerprint density at radius 3 is 2.13 bits per heavy atom. The molecule has 1 fully saturated rings. The van der Waals surface area contributed by atoms with Crippen LogP contribution in [0.3, 0.4) is 0 Å². The monoisotopic (exact) mass is 308 g/mol. The summed E-state index contributed by atoms with van der Waals surface area (Å²) in [6.45, 7) is 4.50. The Bertz CT molecular complexity index is 625. The van der Waals surface area contributed by atoms with E-state index >= 15 is 0 Å². The molecule has 0 unspecified atom stereocenters. The van der Waals surface area contributed by atoms with Gasteiger partial charge in [0.2, 0.25) is 0 Å². The van der Waals surface area contributed by atoms with Crippen LogP contribution in [0.1, 0.15) is 24.0 Å². The van der Waals surface area contributed by atoms with Gasteiger partial charge >= 0.3 is 0 Å². The minimum Gasteiger partial charge on any atom is -0.488 e. The average molecular weight is 308 g/mol. The van der Waals surface area contributed by atoms with E-state index < -0.39 is 0 Å². The second-order valence-corrected chi connectivity index (χ2v) is 6.66. The van der Waals surface area contributed by atoms with Gasteiger partial charge in [-0.25, -0.2) is 0 Å². The smallest absolute Gasteiger partial charge is 0.137 e. The lowest BCUT2D eigenvalue weighted by molar-refractivity contribution is -0.897. The van der Waals surface area contributed by atoms with Gasteiger partial charge in [-0.3, -0.25) is 0 Å². The first kappa shape index (κ1) is 15.8. The van der Waals surface area contributed by atoms with Crippen LogP contribution in [0.25, 0.3) is 12.2 Å². The minimum atomic E-state index is 0.801. The van der Waals surface area contributed by atoms with E-state index in [4.69, 9.17) is 4.74 Å². The molecule has 0 atom stereocenters. The standard InChI is InChI=1S/C21H26NO/c1-22(15-5-6-16-22)17-18-23-21-13-11-20(12-14-21)10-9-19-7-3-2-4-8-19/h2-4,7-14H,5-6,15-18H2,1H3/q+1. The quantitative estimate of drug-likeness (QED) is 0.565. The van der Waals surface area contributed by atoms with Crippen molar-refractivity contribution >= 4 is 12.2 Å². The van der Waals surface area contributed by atoms with Crippen molar-refractivity contribution in [2.24, 2.45) is 0 Å². The molecule has 1 aliphatic rings. The highest BCUT2D eigenvalue weighted by Crippen LogP contribution is 2.17. The zero-order chi connectivity index (χ0) is 16.0. The van der Waals surface area contributed by atoms with E-state index in [2.05, 4.69) is 67.7 Å². The van der Waals surface area contributed by atoms with Crippen LogP contribution in [0.15, 0.2) is 54.6 Å². The number of hydrogen-bond acceptors (Lipinski definition) is 1. The lowest BCUT2D eigenvalue weighted by atomic mass is 10.1. The Kier molecular flexibility index (Phi) is 5.14. The second-order valence-electron chi connectivity index (χ2n) is 6.66. The van der Waals surface area contributed by atoms with Gasteiger partial charge in [0.05, 0.1) is 20.1 Å². The number of benzene rings is 2. The molecule has 0 amide bonds. The van der Waals surface area contributed by atoms with Crippen molar-refractivity contribution in [2.45, 2.75) is 12.8 Å². The molecule has 2 aromatic carbocycles. The number of quaternary nitrogens is 1. The third-order valence-electron chi connectivity index (χ3n) is 4.69. The van der Waals surface area contributed by atoms with Gasteiger partial charge in [-0.2, -0.15) is 0 Å². The summed E-state index contributed by atoms with van der Waals surface area (Å²) < 4.78 is 7.08. The lowest BCUT2D eigenvalue weighted by Gasteiger charge is -2.28. The number of likely N-dealkylation sites (tertiary alicyclic amines) is 1. The zero-order valence-corrected chi connectivity index (χ0v) is 13.9. The van der Waals surface area contributed by atoms with Gasteiger partial charge in [-0.1, -0.05) is 54.6 Å². The molecule has 0 saturated carbocycles. The first-order chi connectivity index (χ1) is 11.2. The highest BCUT2D eigenvalue weighted by molar-refractivity contribution is 5.69. The zero-order valence-electron chi connectivity index (χ0n) is 13.9. The molecule has 2 nitrogen and oxygen atoms in total. The number of hydrogen-bond donors (Lipinski definition) is 0. The Balaban J connectivity index is 1.50. The van der Waals surface area contributed by atoms with E-state index in [0.29, 0.717) is 0 Å². The van der Waals surface area contributed by atoms with Gasteiger partial charge in [0.15, 0.2) is 0 Å². The van der Waals surface area contributed by atoms with Crippen molar-refractivity contribution in [3.8, 4) is 5.75 Å². The Labute approximate surface area is 139 Å². The van der Waals surface area contributed by atoms with Crippen molar-refractivity contribution in [1.82, 2.24) is 0 Å². The normalized spacial score (nSPS) is 16.7. The number of nitrogens with zero attached hydrogens (tertiary/aromatic N) is 1. The molecule has 0 aromatic heterocycles.